The van der Waals surface area contributed by atoms with Crippen LogP contribution in [0.1, 0.15) is 18.4 Å². The van der Waals surface area contributed by atoms with Crippen LogP contribution in [0.15, 0.2) is 18.2 Å². The van der Waals surface area contributed by atoms with Crippen LogP contribution in [0.4, 0.5) is 0 Å². The molecule has 1 atom stereocenters. The van der Waals surface area contributed by atoms with Gasteiger partial charge in [0, 0.05) is 6.04 Å². The zero-order valence-corrected chi connectivity index (χ0v) is 13.0. The highest BCUT2D eigenvalue weighted by atomic mass is 32.2. The molecule has 0 amide bonds. The Morgan fingerprint density at radius 1 is 1.29 bits per heavy atom. The van der Waals surface area contributed by atoms with Crippen molar-refractivity contribution in [2.24, 2.45) is 0 Å². The van der Waals surface area contributed by atoms with Gasteiger partial charge in [-0.2, -0.15) is 0 Å². The van der Waals surface area contributed by atoms with Gasteiger partial charge in [0.1, 0.15) is 6.10 Å². The van der Waals surface area contributed by atoms with Gasteiger partial charge in [0.15, 0.2) is 21.3 Å². The average Bonchev–Trinajstić information content (AvgIpc) is 2.90. The van der Waals surface area contributed by atoms with Crippen molar-refractivity contribution in [3.63, 3.8) is 0 Å². The highest BCUT2D eigenvalue weighted by Gasteiger charge is 2.35. The minimum atomic E-state index is -2.87. The van der Waals surface area contributed by atoms with E-state index in [9.17, 15) is 8.42 Å². The molecule has 2 saturated heterocycles. The van der Waals surface area contributed by atoms with Crippen LogP contribution in [0, 0.1) is 0 Å². The molecule has 0 radical (unpaired) electrons. The Kier molecular flexibility index (Phi) is 4.08. The molecule has 116 valence electrons. The van der Waals surface area contributed by atoms with Crippen LogP contribution in [-0.2, 0) is 16.3 Å². The second-order valence-electron chi connectivity index (χ2n) is 5.80. The molecule has 0 spiro atoms. The molecule has 21 heavy (non-hydrogen) atoms. The van der Waals surface area contributed by atoms with Gasteiger partial charge in [-0.05, 0) is 43.5 Å². The zero-order chi connectivity index (χ0) is 14.9. The highest BCUT2D eigenvalue weighted by Crippen LogP contribution is 2.31. The molecule has 5 nitrogen and oxygen atoms in total. The molecule has 0 aliphatic carbocycles. The zero-order valence-electron chi connectivity index (χ0n) is 12.2. The van der Waals surface area contributed by atoms with Crippen molar-refractivity contribution in [2.45, 2.75) is 31.4 Å². The molecule has 3 rings (SSSR count). The lowest BCUT2D eigenvalue weighted by atomic mass is 10.0. The minimum Gasteiger partial charge on any atom is -0.493 e. The van der Waals surface area contributed by atoms with Crippen molar-refractivity contribution in [1.82, 2.24) is 5.32 Å². The van der Waals surface area contributed by atoms with Gasteiger partial charge in [0.05, 0.1) is 18.6 Å². The summed E-state index contributed by atoms with van der Waals surface area (Å²) in [5.41, 5.74) is 1.19. The number of sulfone groups is 1. The largest absolute Gasteiger partial charge is 0.493 e. The van der Waals surface area contributed by atoms with E-state index < -0.39 is 9.84 Å². The summed E-state index contributed by atoms with van der Waals surface area (Å²) >= 11 is 0. The molecule has 1 aromatic rings. The average molecular weight is 311 g/mol. The van der Waals surface area contributed by atoms with E-state index in [4.69, 9.17) is 9.47 Å². The van der Waals surface area contributed by atoms with Gasteiger partial charge in [0.25, 0.3) is 0 Å². The molecule has 2 fully saturated rings. The fourth-order valence-electron chi connectivity index (χ4n) is 2.92. The third kappa shape index (κ3) is 3.49. The maximum absolute atomic E-state index is 11.2. The van der Waals surface area contributed by atoms with Gasteiger partial charge in [-0.25, -0.2) is 8.42 Å². The second kappa shape index (κ2) is 5.85. The van der Waals surface area contributed by atoms with E-state index in [1.807, 2.05) is 18.2 Å². The van der Waals surface area contributed by atoms with Crippen LogP contribution >= 0.6 is 0 Å². The fourth-order valence-corrected chi connectivity index (χ4v) is 4.09. The Morgan fingerprint density at radius 2 is 2.10 bits per heavy atom. The lowest BCUT2D eigenvalue weighted by Crippen LogP contribution is -2.45. The van der Waals surface area contributed by atoms with Crippen LogP contribution in [0.3, 0.4) is 0 Å². The smallest absolute Gasteiger partial charge is 0.161 e. The van der Waals surface area contributed by atoms with Crippen molar-refractivity contribution in [1.29, 1.82) is 0 Å². The second-order valence-corrected chi connectivity index (χ2v) is 7.95. The SMILES string of the molecule is COc1ccc(CC2CCCN2)cc1OC1CS(=O)(=O)C1. The van der Waals surface area contributed by atoms with Gasteiger partial charge in [-0.15, -0.1) is 0 Å². The summed E-state index contributed by atoms with van der Waals surface area (Å²) in [5.74, 6) is 1.50. The number of methoxy groups -OCH3 is 1. The number of hydrogen-bond acceptors (Lipinski definition) is 5. The summed E-state index contributed by atoms with van der Waals surface area (Å²) < 4.78 is 33.5. The van der Waals surface area contributed by atoms with Gasteiger partial charge in [-0.1, -0.05) is 6.07 Å². The van der Waals surface area contributed by atoms with Crippen LogP contribution in [-0.4, -0.2) is 45.7 Å². The van der Waals surface area contributed by atoms with E-state index in [0.717, 1.165) is 13.0 Å². The van der Waals surface area contributed by atoms with Gasteiger partial charge < -0.3 is 14.8 Å². The van der Waals surface area contributed by atoms with Crippen LogP contribution in [0.5, 0.6) is 11.5 Å². The summed E-state index contributed by atoms with van der Waals surface area (Å²) in [7, 11) is -1.28. The van der Waals surface area contributed by atoms with E-state index in [1.54, 1.807) is 7.11 Å². The van der Waals surface area contributed by atoms with E-state index in [0.29, 0.717) is 17.5 Å². The first-order valence-corrected chi connectivity index (χ1v) is 9.15. The summed E-state index contributed by atoms with van der Waals surface area (Å²) in [6.45, 7) is 1.09. The molecular weight excluding hydrogens is 290 g/mol. The summed E-state index contributed by atoms with van der Waals surface area (Å²) in [6.07, 6.45) is 3.14. The number of ether oxygens (including phenoxy) is 2. The van der Waals surface area contributed by atoms with Crippen molar-refractivity contribution in [3.05, 3.63) is 23.8 Å². The lowest BCUT2D eigenvalue weighted by molar-refractivity contribution is 0.219. The normalized spacial score (nSPS) is 24.5. The Labute approximate surface area is 125 Å². The molecule has 0 saturated carbocycles. The predicted molar refractivity (Wildman–Crippen MR) is 80.8 cm³/mol. The Balaban J connectivity index is 1.70. The van der Waals surface area contributed by atoms with Crippen molar-refractivity contribution >= 4 is 9.84 Å². The number of nitrogens with one attached hydrogen (secondary N) is 1. The van der Waals surface area contributed by atoms with Crippen molar-refractivity contribution in [2.75, 3.05) is 25.2 Å². The molecular formula is C15H21NO4S. The van der Waals surface area contributed by atoms with Crippen LogP contribution in [0.25, 0.3) is 0 Å². The standard InChI is InChI=1S/C15H21NO4S/c1-19-14-5-4-11(7-12-3-2-6-16-12)8-15(14)20-13-9-21(17,18)10-13/h4-5,8,12-13,16H,2-3,6-7,9-10H2,1H3. The van der Waals surface area contributed by atoms with Crippen LogP contribution in [0.2, 0.25) is 0 Å². The molecule has 2 aliphatic rings. The Bertz CT molecular complexity index is 596. The topological polar surface area (TPSA) is 64.6 Å². The Hall–Kier alpha value is -1.27. The number of rotatable bonds is 5. The highest BCUT2D eigenvalue weighted by molar-refractivity contribution is 7.92. The third-order valence-electron chi connectivity index (χ3n) is 4.05. The first-order chi connectivity index (χ1) is 10.1. The van der Waals surface area contributed by atoms with E-state index in [1.165, 1.54) is 18.4 Å². The van der Waals surface area contributed by atoms with Gasteiger partial charge >= 0.3 is 0 Å². The fraction of sp³-hybridized carbons (Fsp3) is 0.600. The molecule has 1 unspecified atom stereocenters. The first kappa shape index (κ1) is 14.7. The summed E-state index contributed by atoms with van der Waals surface area (Å²) in [4.78, 5) is 0. The van der Waals surface area contributed by atoms with E-state index in [-0.39, 0.29) is 17.6 Å². The molecule has 2 aliphatic heterocycles. The number of benzene rings is 1. The van der Waals surface area contributed by atoms with Crippen molar-refractivity contribution < 1.29 is 17.9 Å². The maximum atomic E-state index is 11.2. The molecule has 0 bridgehead atoms. The predicted octanol–water partition coefficient (Wildman–Crippen LogP) is 1.17. The minimum absolute atomic E-state index is 0.102. The molecule has 2 heterocycles. The van der Waals surface area contributed by atoms with Crippen molar-refractivity contribution in [3.8, 4) is 11.5 Å². The van der Waals surface area contributed by atoms with E-state index in [2.05, 4.69) is 5.32 Å². The van der Waals surface area contributed by atoms with Crippen LogP contribution < -0.4 is 14.8 Å². The molecule has 1 aromatic carbocycles. The lowest BCUT2D eigenvalue weighted by Gasteiger charge is -2.27. The number of hydrogen-bond donors (Lipinski definition) is 1. The summed E-state index contributed by atoms with van der Waals surface area (Å²) in [6, 6.07) is 6.44. The molecule has 1 N–H and O–H groups in total. The molecule has 0 aromatic heterocycles. The van der Waals surface area contributed by atoms with Gasteiger partial charge in [-0.3, -0.25) is 0 Å². The molecule has 6 heteroatoms. The maximum Gasteiger partial charge on any atom is 0.161 e. The van der Waals surface area contributed by atoms with E-state index >= 15 is 0 Å². The summed E-state index contributed by atoms with van der Waals surface area (Å²) in [5, 5.41) is 3.48. The monoisotopic (exact) mass is 311 g/mol. The third-order valence-corrected chi connectivity index (χ3v) is 5.81. The van der Waals surface area contributed by atoms with Gasteiger partial charge in [0.2, 0.25) is 0 Å². The first-order valence-electron chi connectivity index (χ1n) is 7.33. The quantitative estimate of drug-likeness (QED) is 0.884. The Morgan fingerprint density at radius 3 is 2.71 bits per heavy atom.